The fraction of sp³-hybridized carbons (Fsp3) is 0.174. The van der Waals surface area contributed by atoms with Crippen LogP contribution in [0.15, 0.2) is 129 Å². The second-order valence-electron chi connectivity index (χ2n) is 11.7. The molecule has 54 heavy (non-hydrogen) atoms. The third-order valence-electron chi connectivity index (χ3n) is 7.91. The molecule has 0 unspecified atom stereocenters. The molecule has 0 heterocycles. The van der Waals surface area contributed by atoms with Crippen LogP contribution in [0.2, 0.25) is 0 Å². The molecule has 0 saturated heterocycles. The lowest BCUT2D eigenvalue weighted by Gasteiger charge is -2.11. The molecule has 0 N–H and O–H groups in total. The summed E-state index contributed by atoms with van der Waals surface area (Å²) in [6.07, 6.45) is 5.74. The van der Waals surface area contributed by atoms with E-state index in [2.05, 4.69) is 43.4 Å². The van der Waals surface area contributed by atoms with E-state index in [1.54, 1.807) is 6.07 Å². The van der Waals surface area contributed by atoms with Gasteiger partial charge in [0.25, 0.3) is 0 Å². The van der Waals surface area contributed by atoms with Crippen LogP contribution < -0.4 is 0 Å². The molecule has 0 amide bonds. The highest BCUT2D eigenvalue weighted by atomic mass is 16.6. The third-order valence-corrected chi connectivity index (χ3v) is 7.91. The number of carbonyl (C=O) groups excluding carboxylic acids is 4. The number of benzene rings is 4. The maximum atomic E-state index is 13.2. The molecule has 0 aliphatic heterocycles. The minimum atomic E-state index is -0.596. The number of rotatable bonds is 16. The van der Waals surface area contributed by atoms with E-state index in [0.29, 0.717) is 43.4 Å². The van der Waals surface area contributed by atoms with Crippen molar-refractivity contribution in [2.45, 2.75) is 25.7 Å². The standard InChI is InChI=1S/C46H40O8/c1-4-43(47)51-29-27-38-17-13-35(14-18-38)8-7-34-9-11-37(12-10-34)23-25-41-26-24-40(33-42(41)46(50)54-32-31-53-45(49)6-3)22-21-36-15-19-39(20-16-36)28-30-52-44(48)5-2/h4-6,9-20,24,26,33H,1-3,23,25,27-32H2. The molecule has 0 aliphatic carbocycles. The Balaban J connectivity index is 1.40. The zero-order chi connectivity index (χ0) is 38.5. The van der Waals surface area contributed by atoms with Crippen molar-refractivity contribution in [1.82, 2.24) is 0 Å². The first-order chi connectivity index (χ1) is 26.3. The fourth-order valence-corrected chi connectivity index (χ4v) is 4.96. The van der Waals surface area contributed by atoms with Gasteiger partial charge in [-0.2, -0.15) is 0 Å². The molecule has 4 rings (SSSR count). The molecule has 8 heteroatoms. The average molecular weight is 721 g/mol. The van der Waals surface area contributed by atoms with Gasteiger partial charge in [0, 0.05) is 53.3 Å². The maximum Gasteiger partial charge on any atom is 0.338 e. The van der Waals surface area contributed by atoms with Gasteiger partial charge in [-0.15, -0.1) is 0 Å². The van der Waals surface area contributed by atoms with E-state index in [9.17, 15) is 19.2 Å². The van der Waals surface area contributed by atoms with E-state index in [1.165, 1.54) is 0 Å². The summed E-state index contributed by atoms with van der Waals surface area (Å²) in [4.78, 5) is 47.1. The van der Waals surface area contributed by atoms with Gasteiger partial charge in [0.15, 0.2) is 0 Å². The van der Waals surface area contributed by atoms with Crippen molar-refractivity contribution in [2.75, 3.05) is 26.4 Å². The minimum absolute atomic E-state index is 0.0896. The van der Waals surface area contributed by atoms with Crippen LogP contribution in [0.25, 0.3) is 0 Å². The number of ether oxygens (including phenoxy) is 4. The Morgan fingerprint density at radius 3 is 1.26 bits per heavy atom. The molecule has 0 fully saturated rings. The Hall–Kier alpha value is -6.90. The zero-order valence-electron chi connectivity index (χ0n) is 29.9. The van der Waals surface area contributed by atoms with E-state index < -0.39 is 23.9 Å². The average Bonchev–Trinajstić information content (AvgIpc) is 3.21. The van der Waals surface area contributed by atoms with Crippen molar-refractivity contribution in [3.8, 4) is 23.7 Å². The van der Waals surface area contributed by atoms with Gasteiger partial charge in [0.2, 0.25) is 0 Å². The molecular formula is C46H40O8. The van der Waals surface area contributed by atoms with Crippen LogP contribution >= 0.6 is 0 Å². The van der Waals surface area contributed by atoms with Crippen LogP contribution in [-0.4, -0.2) is 50.3 Å². The summed E-state index contributed by atoms with van der Waals surface area (Å²) in [5, 5.41) is 0. The predicted molar refractivity (Wildman–Crippen MR) is 206 cm³/mol. The van der Waals surface area contributed by atoms with Crippen molar-refractivity contribution in [1.29, 1.82) is 0 Å². The second-order valence-corrected chi connectivity index (χ2v) is 11.7. The summed E-state index contributed by atoms with van der Waals surface area (Å²) in [5.74, 6) is 10.6. The normalized spacial score (nSPS) is 9.93. The van der Waals surface area contributed by atoms with E-state index >= 15 is 0 Å². The van der Waals surface area contributed by atoms with Crippen LogP contribution in [0.4, 0.5) is 0 Å². The summed E-state index contributed by atoms with van der Waals surface area (Å²) >= 11 is 0. The first-order valence-corrected chi connectivity index (χ1v) is 17.2. The highest BCUT2D eigenvalue weighted by Gasteiger charge is 2.14. The monoisotopic (exact) mass is 720 g/mol. The van der Waals surface area contributed by atoms with Gasteiger partial charge in [-0.05, 0) is 83.6 Å². The Morgan fingerprint density at radius 1 is 0.444 bits per heavy atom. The quantitative estimate of drug-likeness (QED) is 0.0414. The fourth-order valence-electron chi connectivity index (χ4n) is 4.96. The number of carbonyl (C=O) groups is 4. The lowest BCUT2D eigenvalue weighted by Crippen LogP contribution is -2.14. The number of esters is 4. The minimum Gasteiger partial charge on any atom is -0.462 e. The van der Waals surface area contributed by atoms with E-state index in [0.717, 1.165) is 57.2 Å². The van der Waals surface area contributed by atoms with E-state index in [4.69, 9.17) is 18.9 Å². The van der Waals surface area contributed by atoms with Crippen LogP contribution in [0.1, 0.15) is 54.9 Å². The molecule has 0 spiro atoms. The van der Waals surface area contributed by atoms with Gasteiger partial charge in [-0.1, -0.05) is 85.9 Å². The Bertz CT molecular complexity index is 2080. The molecule has 0 aliphatic rings. The summed E-state index contributed by atoms with van der Waals surface area (Å²) in [6.45, 7) is 10.5. The molecule has 4 aromatic rings. The lowest BCUT2D eigenvalue weighted by molar-refractivity contribution is -0.139. The van der Waals surface area contributed by atoms with Gasteiger partial charge < -0.3 is 18.9 Å². The van der Waals surface area contributed by atoms with E-state index in [1.807, 2.05) is 84.9 Å². The van der Waals surface area contributed by atoms with Gasteiger partial charge in [0.05, 0.1) is 18.8 Å². The molecule has 4 aromatic carbocycles. The first kappa shape index (κ1) is 39.9. The molecular weight excluding hydrogens is 680 g/mol. The second kappa shape index (κ2) is 21.5. The molecule has 8 nitrogen and oxygen atoms in total. The first-order valence-electron chi connectivity index (χ1n) is 17.2. The maximum absolute atomic E-state index is 13.2. The number of hydrogen-bond acceptors (Lipinski definition) is 8. The van der Waals surface area contributed by atoms with Crippen molar-refractivity contribution in [3.05, 3.63) is 179 Å². The van der Waals surface area contributed by atoms with Gasteiger partial charge in [0.1, 0.15) is 13.2 Å². The van der Waals surface area contributed by atoms with Crippen molar-refractivity contribution >= 4 is 23.9 Å². The molecule has 0 bridgehead atoms. The lowest BCUT2D eigenvalue weighted by atomic mass is 9.97. The van der Waals surface area contributed by atoms with Gasteiger partial charge in [-0.25, -0.2) is 19.2 Å². The van der Waals surface area contributed by atoms with Crippen LogP contribution in [-0.2, 0) is 59.0 Å². The van der Waals surface area contributed by atoms with Gasteiger partial charge >= 0.3 is 23.9 Å². The smallest absolute Gasteiger partial charge is 0.338 e. The predicted octanol–water partition coefficient (Wildman–Crippen LogP) is 6.70. The number of aryl methyl sites for hydroxylation is 2. The molecule has 0 atom stereocenters. The van der Waals surface area contributed by atoms with Crippen LogP contribution in [0.5, 0.6) is 0 Å². The zero-order valence-corrected chi connectivity index (χ0v) is 29.9. The molecule has 0 aromatic heterocycles. The summed E-state index contributed by atoms with van der Waals surface area (Å²) in [7, 11) is 0. The molecule has 0 radical (unpaired) electrons. The van der Waals surface area contributed by atoms with Crippen molar-refractivity contribution < 1.29 is 38.1 Å². The SMILES string of the molecule is C=CC(=O)OCCOC(=O)c1cc(C#Cc2ccc(CCOC(=O)C=C)cc2)ccc1CCc1ccc(C#Cc2ccc(CCOC(=O)C=C)cc2)cc1. The van der Waals surface area contributed by atoms with Crippen molar-refractivity contribution in [2.24, 2.45) is 0 Å². The number of hydrogen-bond donors (Lipinski definition) is 0. The summed E-state index contributed by atoms with van der Waals surface area (Å²) in [6, 6.07) is 28.8. The topological polar surface area (TPSA) is 105 Å². The Morgan fingerprint density at radius 2 is 0.815 bits per heavy atom. The van der Waals surface area contributed by atoms with Crippen molar-refractivity contribution in [3.63, 3.8) is 0 Å². The molecule has 272 valence electrons. The largest absolute Gasteiger partial charge is 0.462 e. The van der Waals surface area contributed by atoms with E-state index in [-0.39, 0.29) is 19.8 Å². The summed E-state index contributed by atoms with van der Waals surface area (Å²) in [5.41, 5.74) is 7.45. The highest BCUT2D eigenvalue weighted by Crippen LogP contribution is 2.18. The summed E-state index contributed by atoms with van der Waals surface area (Å²) < 4.78 is 20.5. The molecule has 0 saturated carbocycles. The van der Waals surface area contributed by atoms with Crippen LogP contribution in [0.3, 0.4) is 0 Å². The van der Waals surface area contributed by atoms with Gasteiger partial charge in [-0.3, -0.25) is 0 Å². The van der Waals surface area contributed by atoms with Crippen LogP contribution in [0, 0.1) is 23.7 Å². The Kier molecular flexibility index (Phi) is 15.8. The highest BCUT2D eigenvalue weighted by molar-refractivity contribution is 5.91. The third kappa shape index (κ3) is 13.7. The Labute approximate surface area is 316 Å².